The molecule has 0 amide bonds. The number of carbonyl (C=O) groups is 1. The van der Waals surface area contributed by atoms with Gasteiger partial charge in [0.05, 0.1) is 13.0 Å². The van der Waals surface area contributed by atoms with Crippen LogP contribution in [0.15, 0.2) is 24.3 Å². The first-order chi connectivity index (χ1) is 10.7. The Morgan fingerprint density at radius 1 is 1.18 bits per heavy atom. The van der Waals surface area contributed by atoms with Crippen molar-refractivity contribution >= 4 is 5.97 Å². The smallest absolute Gasteiger partial charge is 0.304 e. The lowest BCUT2D eigenvalue weighted by Gasteiger charge is -2.11. The van der Waals surface area contributed by atoms with E-state index in [-0.39, 0.29) is 6.42 Å². The normalized spacial score (nSPS) is 15.1. The van der Waals surface area contributed by atoms with Gasteiger partial charge in [-0.15, -0.1) is 0 Å². The van der Waals surface area contributed by atoms with Crippen molar-refractivity contribution in [2.75, 3.05) is 19.7 Å². The number of rotatable bonds is 10. The molecule has 0 bridgehead atoms. The average Bonchev–Trinajstić information content (AvgIpc) is 3.03. The van der Waals surface area contributed by atoms with Crippen molar-refractivity contribution in [1.82, 2.24) is 5.32 Å². The second-order valence-corrected chi connectivity index (χ2v) is 6.10. The van der Waals surface area contributed by atoms with E-state index in [0.29, 0.717) is 6.54 Å². The molecule has 2 rings (SSSR count). The average molecular weight is 305 g/mol. The maximum atomic E-state index is 10.4. The fraction of sp³-hybridized carbons (Fsp3) is 0.611. The van der Waals surface area contributed by atoms with Gasteiger partial charge in [-0.1, -0.05) is 25.0 Å². The van der Waals surface area contributed by atoms with Crippen molar-refractivity contribution in [3.05, 3.63) is 29.8 Å². The highest BCUT2D eigenvalue weighted by molar-refractivity contribution is 5.66. The number of nitrogens with one attached hydrogen (secondary N) is 1. The van der Waals surface area contributed by atoms with E-state index < -0.39 is 5.97 Å². The van der Waals surface area contributed by atoms with Crippen LogP contribution in [0.4, 0.5) is 0 Å². The number of benzene rings is 1. The topological polar surface area (TPSA) is 58.6 Å². The molecular weight excluding hydrogens is 278 g/mol. The third-order valence-corrected chi connectivity index (χ3v) is 4.22. The molecular formula is C18H27NO3. The highest BCUT2D eigenvalue weighted by Crippen LogP contribution is 2.25. The van der Waals surface area contributed by atoms with Crippen molar-refractivity contribution in [1.29, 1.82) is 0 Å². The summed E-state index contributed by atoms with van der Waals surface area (Å²) in [5.41, 5.74) is 1.30. The van der Waals surface area contributed by atoms with E-state index in [9.17, 15) is 4.79 Å². The molecule has 2 N–H and O–H groups in total. The van der Waals surface area contributed by atoms with Gasteiger partial charge >= 0.3 is 5.97 Å². The molecule has 0 spiro atoms. The predicted molar refractivity (Wildman–Crippen MR) is 87.3 cm³/mol. The lowest BCUT2D eigenvalue weighted by molar-refractivity contribution is -0.136. The molecule has 0 aromatic heterocycles. The first kappa shape index (κ1) is 16.8. The van der Waals surface area contributed by atoms with Crippen molar-refractivity contribution in [2.24, 2.45) is 5.92 Å². The Morgan fingerprint density at radius 2 is 1.91 bits per heavy atom. The van der Waals surface area contributed by atoms with Crippen LogP contribution in [0.1, 0.15) is 44.1 Å². The van der Waals surface area contributed by atoms with E-state index in [1.807, 2.05) is 0 Å². The minimum atomic E-state index is -0.749. The minimum absolute atomic E-state index is 0.188. The highest BCUT2D eigenvalue weighted by Gasteiger charge is 2.15. The van der Waals surface area contributed by atoms with Gasteiger partial charge in [-0.3, -0.25) is 4.79 Å². The standard InChI is InChI=1S/C18H27NO3/c20-18(21)11-13-19-12-3-6-15-7-9-17(10-8-15)22-14-16-4-1-2-5-16/h7-10,16,19H,1-6,11-14H2,(H,20,21). The van der Waals surface area contributed by atoms with Crippen molar-refractivity contribution in [2.45, 2.75) is 44.9 Å². The molecule has 122 valence electrons. The van der Waals surface area contributed by atoms with Crippen LogP contribution >= 0.6 is 0 Å². The fourth-order valence-corrected chi connectivity index (χ4v) is 2.88. The van der Waals surface area contributed by atoms with Crippen LogP contribution in [0, 0.1) is 5.92 Å². The van der Waals surface area contributed by atoms with E-state index in [1.165, 1.54) is 31.2 Å². The molecule has 1 saturated carbocycles. The third-order valence-electron chi connectivity index (χ3n) is 4.22. The van der Waals surface area contributed by atoms with Gasteiger partial charge in [0.15, 0.2) is 0 Å². The number of aliphatic carboxylic acids is 1. The van der Waals surface area contributed by atoms with Crippen LogP contribution in [0.5, 0.6) is 5.75 Å². The van der Waals surface area contributed by atoms with Crippen LogP contribution < -0.4 is 10.1 Å². The Morgan fingerprint density at radius 3 is 2.59 bits per heavy atom. The van der Waals surface area contributed by atoms with Crippen LogP contribution in [0.2, 0.25) is 0 Å². The van der Waals surface area contributed by atoms with Gasteiger partial charge in [0.2, 0.25) is 0 Å². The SMILES string of the molecule is O=C(O)CCNCCCc1ccc(OCC2CCCC2)cc1. The number of aryl methyl sites for hydroxylation is 1. The summed E-state index contributed by atoms with van der Waals surface area (Å²) in [7, 11) is 0. The van der Waals surface area contributed by atoms with Crippen molar-refractivity contribution in [3.63, 3.8) is 0 Å². The predicted octanol–water partition coefficient (Wildman–Crippen LogP) is 3.25. The molecule has 0 heterocycles. The first-order valence-corrected chi connectivity index (χ1v) is 8.38. The molecule has 0 radical (unpaired) electrons. The van der Waals surface area contributed by atoms with Gasteiger partial charge in [0.25, 0.3) is 0 Å². The summed E-state index contributed by atoms with van der Waals surface area (Å²) < 4.78 is 5.86. The molecule has 0 saturated heterocycles. The van der Waals surface area contributed by atoms with E-state index in [0.717, 1.165) is 37.7 Å². The first-order valence-electron chi connectivity index (χ1n) is 8.38. The van der Waals surface area contributed by atoms with Gasteiger partial charge in [-0.2, -0.15) is 0 Å². The maximum Gasteiger partial charge on any atom is 0.304 e. The molecule has 1 aromatic rings. The van der Waals surface area contributed by atoms with Gasteiger partial charge in [0.1, 0.15) is 5.75 Å². The summed E-state index contributed by atoms with van der Waals surface area (Å²) in [6.45, 7) is 2.25. The molecule has 0 aliphatic heterocycles. The Hall–Kier alpha value is -1.55. The number of carboxylic acids is 1. The number of carboxylic acid groups (broad SMARTS) is 1. The van der Waals surface area contributed by atoms with Crippen molar-refractivity contribution in [3.8, 4) is 5.75 Å². The van der Waals surface area contributed by atoms with Gasteiger partial charge in [0, 0.05) is 6.54 Å². The largest absolute Gasteiger partial charge is 0.493 e. The highest BCUT2D eigenvalue weighted by atomic mass is 16.5. The number of hydrogen-bond donors (Lipinski definition) is 2. The van der Waals surface area contributed by atoms with E-state index >= 15 is 0 Å². The minimum Gasteiger partial charge on any atom is -0.493 e. The summed E-state index contributed by atoms with van der Waals surface area (Å²) in [6.07, 6.45) is 7.54. The summed E-state index contributed by atoms with van der Waals surface area (Å²) in [5.74, 6) is 0.965. The Kier molecular flexibility index (Phi) is 7.23. The van der Waals surface area contributed by atoms with Gasteiger partial charge in [-0.05, 0) is 55.8 Å². The molecule has 1 aliphatic rings. The zero-order chi connectivity index (χ0) is 15.6. The molecule has 1 aromatic carbocycles. The zero-order valence-corrected chi connectivity index (χ0v) is 13.2. The monoisotopic (exact) mass is 305 g/mol. The summed E-state index contributed by atoms with van der Waals surface area (Å²) in [5, 5.41) is 11.7. The lowest BCUT2D eigenvalue weighted by atomic mass is 10.1. The molecule has 0 unspecified atom stereocenters. The Labute approximate surface area is 132 Å². The van der Waals surface area contributed by atoms with Crippen LogP contribution in [-0.2, 0) is 11.2 Å². The second kappa shape index (κ2) is 9.46. The summed E-state index contributed by atoms with van der Waals surface area (Å²) >= 11 is 0. The molecule has 1 fully saturated rings. The maximum absolute atomic E-state index is 10.4. The molecule has 4 heteroatoms. The van der Waals surface area contributed by atoms with E-state index in [1.54, 1.807) is 0 Å². The third kappa shape index (κ3) is 6.48. The van der Waals surface area contributed by atoms with E-state index in [4.69, 9.17) is 9.84 Å². The number of ether oxygens (including phenoxy) is 1. The molecule has 22 heavy (non-hydrogen) atoms. The van der Waals surface area contributed by atoms with E-state index in [2.05, 4.69) is 29.6 Å². The van der Waals surface area contributed by atoms with Crippen LogP contribution in [0.3, 0.4) is 0 Å². The Balaban J connectivity index is 1.58. The quantitative estimate of drug-likeness (QED) is 0.651. The molecule has 1 aliphatic carbocycles. The summed E-state index contributed by atoms with van der Waals surface area (Å²) in [6, 6.07) is 8.37. The van der Waals surface area contributed by atoms with Crippen molar-refractivity contribution < 1.29 is 14.6 Å². The summed E-state index contributed by atoms with van der Waals surface area (Å²) in [4.78, 5) is 10.4. The van der Waals surface area contributed by atoms with Gasteiger partial charge in [-0.25, -0.2) is 0 Å². The van der Waals surface area contributed by atoms with Crippen LogP contribution in [0.25, 0.3) is 0 Å². The molecule has 4 nitrogen and oxygen atoms in total. The lowest BCUT2D eigenvalue weighted by Crippen LogP contribution is -2.19. The van der Waals surface area contributed by atoms with Gasteiger partial charge < -0.3 is 15.2 Å². The molecule has 0 atom stereocenters. The number of hydrogen-bond acceptors (Lipinski definition) is 3. The second-order valence-electron chi connectivity index (χ2n) is 6.10. The zero-order valence-electron chi connectivity index (χ0n) is 13.2. The fourth-order valence-electron chi connectivity index (χ4n) is 2.88. The Bertz CT molecular complexity index is 438. The van der Waals surface area contributed by atoms with Crippen LogP contribution in [-0.4, -0.2) is 30.8 Å².